The topological polar surface area (TPSA) is 3.24 Å². The fraction of sp³-hybridized carbons (Fsp3) is 0.455. The predicted molar refractivity (Wildman–Crippen MR) is 67.7 cm³/mol. The fourth-order valence-electron chi connectivity index (χ4n) is 1.76. The van der Waals surface area contributed by atoms with Crippen molar-refractivity contribution < 1.29 is 0 Å². The number of halogens is 2. The van der Waals surface area contributed by atoms with Gasteiger partial charge in [0.15, 0.2) is 0 Å². The third-order valence-electron chi connectivity index (χ3n) is 2.55. The van der Waals surface area contributed by atoms with E-state index in [2.05, 4.69) is 11.2 Å². The molecule has 0 radical (unpaired) electrons. The van der Waals surface area contributed by atoms with E-state index in [0.717, 1.165) is 11.4 Å². The first-order valence-electron chi connectivity index (χ1n) is 5.06. The van der Waals surface area contributed by atoms with E-state index in [-0.39, 0.29) is 0 Å². The van der Waals surface area contributed by atoms with Gasteiger partial charge in [-0.2, -0.15) is 0 Å². The summed E-state index contributed by atoms with van der Waals surface area (Å²) < 4.78 is 2.39. The molecule has 15 heavy (non-hydrogen) atoms. The normalized spacial score (nSPS) is 22.2. The third kappa shape index (κ3) is 3.04. The quantitative estimate of drug-likeness (QED) is 0.723. The number of rotatable bonds is 2. The van der Waals surface area contributed by atoms with Crippen LogP contribution in [0.3, 0.4) is 0 Å². The molecule has 1 aromatic rings. The molecule has 1 aliphatic heterocycles. The molecule has 1 heterocycles. The van der Waals surface area contributed by atoms with Crippen LogP contribution in [0.1, 0.15) is 19.8 Å². The van der Waals surface area contributed by atoms with Crippen LogP contribution in [0.5, 0.6) is 0 Å². The number of benzene rings is 1. The van der Waals surface area contributed by atoms with E-state index in [9.17, 15) is 0 Å². The van der Waals surface area contributed by atoms with E-state index in [4.69, 9.17) is 23.2 Å². The minimum atomic E-state index is 0.646. The molecule has 82 valence electrons. The van der Waals surface area contributed by atoms with E-state index >= 15 is 0 Å². The summed E-state index contributed by atoms with van der Waals surface area (Å²) in [5.41, 5.74) is 0. The second kappa shape index (κ2) is 4.96. The molecular weight excluding hydrogens is 249 g/mol. The van der Waals surface area contributed by atoms with Gasteiger partial charge in [-0.05, 0) is 49.9 Å². The minimum Gasteiger partial charge on any atom is -0.244 e. The van der Waals surface area contributed by atoms with Crippen LogP contribution >= 0.6 is 35.1 Å². The van der Waals surface area contributed by atoms with Gasteiger partial charge >= 0.3 is 0 Å². The zero-order chi connectivity index (χ0) is 10.8. The average Bonchev–Trinajstić information content (AvgIpc) is 2.50. The molecule has 0 N–H and O–H groups in total. The molecule has 4 heteroatoms. The average molecular weight is 262 g/mol. The SMILES string of the molecule is C[C@@H]1CCCN1Sc1cc(Cl)cc(Cl)c1. The highest BCUT2D eigenvalue weighted by molar-refractivity contribution is 7.97. The van der Waals surface area contributed by atoms with Gasteiger partial charge in [-0.25, -0.2) is 4.31 Å². The summed E-state index contributed by atoms with van der Waals surface area (Å²) >= 11 is 13.7. The Morgan fingerprint density at radius 2 is 1.93 bits per heavy atom. The number of hydrogen-bond donors (Lipinski definition) is 0. The highest BCUT2D eigenvalue weighted by Gasteiger charge is 2.21. The summed E-state index contributed by atoms with van der Waals surface area (Å²) in [6, 6.07) is 6.33. The molecule has 0 spiro atoms. The van der Waals surface area contributed by atoms with Gasteiger partial charge in [0, 0.05) is 27.5 Å². The molecule has 0 bridgehead atoms. The molecular formula is C11H13Cl2NS. The van der Waals surface area contributed by atoms with Gasteiger partial charge < -0.3 is 0 Å². The van der Waals surface area contributed by atoms with Crippen LogP contribution in [0.15, 0.2) is 23.1 Å². The molecule has 2 rings (SSSR count). The second-order valence-corrected chi connectivity index (χ2v) is 5.82. The van der Waals surface area contributed by atoms with Crippen molar-refractivity contribution in [2.75, 3.05) is 6.54 Å². The Balaban J connectivity index is 2.10. The van der Waals surface area contributed by atoms with E-state index in [1.54, 1.807) is 18.0 Å². The van der Waals surface area contributed by atoms with Gasteiger partial charge in [0.2, 0.25) is 0 Å². The van der Waals surface area contributed by atoms with Crippen molar-refractivity contribution in [3.63, 3.8) is 0 Å². The van der Waals surface area contributed by atoms with Crippen LogP contribution in [0, 0.1) is 0 Å². The molecule has 0 unspecified atom stereocenters. The molecule has 1 saturated heterocycles. The summed E-state index contributed by atoms with van der Waals surface area (Å²) in [5.74, 6) is 0. The first-order chi connectivity index (χ1) is 7.15. The molecule has 1 aromatic carbocycles. The summed E-state index contributed by atoms with van der Waals surface area (Å²) in [5, 5.41) is 1.41. The fourth-order valence-corrected chi connectivity index (χ4v) is 3.55. The predicted octanol–water partition coefficient (Wildman–Crippen LogP) is 4.48. The number of hydrogen-bond acceptors (Lipinski definition) is 2. The largest absolute Gasteiger partial charge is 0.244 e. The smallest absolute Gasteiger partial charge is 0.0432 e. The maximum atomic E-state index is 5.96. The molecule has 0 aromatic heterocycles. The Morgan fingerprint density at radius 1 is 1.27 bits per heavy atom. The van der Waals surface area contributed by atoms with Gasteiger partial charge in [0.05, 0.1) is 0 Å². The molecule has 0 amide bonds. The van der Waals surface area contributed by atoms with Crippen molar-refractivity contribution in [2.24, 2.45) is 0 Å². The zero-order valence-electron chi connectivity index (χ0n) is 8.54. The van der Waals surface area contributed by atoms with Crippen LogP contribution in [-0.2, 0) is 0 Å². The van der Waals surface area contributed by atoms with Gasteiger partial charge in [-0.15, -0.1) is 0 Å². The summed E-state index contributed by atoms with van der Waals surface area (Å²) in [6.45, 7) is 3.40. The molecule has 0 saturated carbocycles. The maximum Gasteiger partial charge on any atom is 0.0432 e. The Morgan fingerprint density at radius 3 is 2.47 bits per heavy atom. The molecule has 1 nitrogen and oxygen atoms in total. The van der Waals surface area contributed by atoms with Crippen molar-refractivity contribution in [1.29, 1.82) is 0 Å². The van der Waals surface area contributed by atoms with E-state index in [1.165, 1.54) is 12.8 Å². The molecule has 1 aliphatic rings. The van der Waals surface area contributed by atoms with Crippen LogP contribution < -0.4 is 0 Å². The van der Waals surface area contributed by atoms with Crippen molar-refractivity contribution in [1.82, 2.24) is 4.31 Å². The Bertz CT molecular complexity index is 336. The summed E-state index contributed by atoms with van der Waals surface area (Å²) in [7, 11) is 0. The van der Waals surface area contributed by atoms with E-state index < -0.39 is 0 Å². The van der Waals surface area contributed by atoms with E-state index in [1.807, 2.05) is 12.1 Å². The van der Waals surface area contributed by atoms with E-state index in [0.29, 0.717) is 16.1 Å². The Labute approximate surface area is 105 Å². The summed E-state index contributed by atoms with van der Waals surface area (Å²) in [4.78, 5) is 1.13. The second-order valence-electron chi connectivity index (χ2n) is 3.83. The maximum absolute atomic E-state index is 5.96. The Hall–Kier alpha value is 0.110. The van der Waals surface area contributed by atoms with Crippen molar-refractivity contribution >= 4 is 35.1 Å². The zero-order valence-corrected chi connectivity index (χ0v) is 10.9. The lowest BCUT2D eigenvalue weighted by Gasteiger charge is -2.19. The van der Waals surface area contributed by atoms with Gasteiger partial charge in [0.1, 0.15) is 0 Å². The van der Waals surface area contributed by atoms with Gasteiger partial charge in [-0.3, -0.25) is 0 Å². The highest BCUT2D eigenvalue weighted by atomic mass is 35.5. The summed E-state index contributed by atoms with van der Waals surface area (Å²) in [6.07, 6.45) is 2.56. The standard InChI is InChI=1S/C11H13Cl2NS/c1-8-3-2-4-14(8)15-11-6-9(12)5-10(13)7-11/h5-8H,2-4H2,1H3/t8-/m1/s1. The van der Waals surface area contributed by atoms with Crippen LogP contribution in [0.4, 0.5) is 0 Å². The van der Waals surface area contributed by atoms with Crippen LogP contribution in [0.2, 0.25) is 10.0 Å². The lowest BCUT2D eigenvalue weighted by Crippen LogP contribution is -2.18. The first kappa shape index (κ1) is 11.6. The monoisotopic (exact) mass is 261 g/mol. The molecule has 1 fully saturated rings. The Kier molecular flexibility index (Phi) is 3.83. The highest BCUT2D eigenvalue weighted by Crippen LogP contribution is 2.33. The lowest BCUT2D eigenvalue weighted by molar-refractivity contribution is 0.467. The van der Waals surface area contributed by atoms with Crippen molar-refractivity contribution in [2.45, 2.75) is 30.7 Å². The lowest BCUT2D eigenvalue weighted by atomic mass is 10.3. The molecule has 0 aliphatic carbocycles. The van der Waals surface area contributed by atoms with Gasteiger partial charge in [0.25, 0.3) is 0 Å². The van der Waals surface area contributed by atoms with Crippen LogP contribution in [0.25, 0.3) is 0 Å². The van der Waals surface area contributed by atoms with Crippen molar-refractivity contribution in [3.8, 4) is 0 Å². The van der Waals surface area contributed by atoms with Crippen LogP contribution in [-0.4, -0.2) is 16.9 Å². The third-order valence-corrected chi connectivity index (χ3v) is 4.21. The number of nitrogens with zero attached hydrogens (tertiary/aromatic N) is 1. The van der Waals surface area contributed by atoms with Gasteiger partial charge in [-0.1, -0.05) is 23.2 Å². The minimum absolute atomic E-state index is 0.646. The first-order valence-corrected chi connectivity index (χ1v) is 6.59. The van der Waals surface area contributed by atoms with Crippen molar-refractivity contribution in [3.05, 3.63) is 28.2 Å². The molecule has 1 atom stereocenters.